The molecule has 0 aromatic carbocycles. The number of halogens is 2. The summed E-state index contributed by atoms with van der Waals surface area (Å²) >= 11 is 0. The van der Waals surface area contributed by atoms with Gasteiger partial charge in [-0.25, -0.2) is 13.6 Å². The molecule has 0 fully saturated rings. The van der Waals surface area contributed by atoms with Crippen LogP contribution in [0.4, 0.5) is 8.78 Å². The maximum absolute atomic E-state index is 12.6. The molecule has 0 spiro atoms. The topological polar surface area (TPSA) is 85.2 Å². The van der Waals surface area contributed by atoms with Gasteiger partial charge in [0, 0.05) is 17.7 Å². The van der Waals surface area contributed by atoms with Gasteiger partial charge in [-0.3, -0.25) is 4.79 Å². The van der Waals surface area contributed by atoms with Crippen LogP contribution in [0.25, 0.3) is 0 Å². The maximum Gasteiger partial charge on any atom is 0.354 e. The van der Waals surface area contributed by atoms with Crippen LogP contribution >= 0.6 is 0 Å². The van der Waals surface area contributed by atoms with E-state index in [4.69, 9.17) is 5.73 Å². The number of nitrogens with two attached hydrogens (primary N) is 1. The van der Waals surface area contributed by atoms with Gasteiger partial charge >= 0.3 is 5.97 Å². The van der Waals surface area contributed by atoms with Crippen molar-refractivity contribution in [2.45, 2.75) is 13.0 Å². The lowest BCUT2D eigenvalue weighted by atomic mass is 10.1. The van der Waals surface area contributed by atoms with Crippen LogP contribution in [0.1, 0.15) is 28.0 Å². The molecule has 0 atom stereocenters. The first-order chi connectivity index (χ1) is 7.51. The summed E-state index contributed by atoms with van der Waals surface area (Å²) in [6.45, 7) is -0.323. The summed E-state index contributed by atoms with van der Waals surface area (Å²) < 4.78 is 29.5. The second-order valence-electron chi connectivity index (χ2n) is 2.94. The Labute approximate surface area is 89.2 Å². The summed E-state index contributed by atoms with van der Waals surface area (Å²) in [6, 6.07) is 0.875. The fraction of sp³-hybridized carbons (Fsp3) is 0.333. The molecule has 0 aliphatic rings. The lowest BCUT2D eigenvalue weighted by molar-refractivity contribution is 0.0593. The number of ether oxygens (including phenoxy) is 1. The van der Waals surface area contributed by atoms with Crippen LogP contribution in [0.2, 0.25) is 0 Å². The van der Waals surface area contributed by atoms with Crippen LogP contribution in [-0.2, 0) is 11.3 Å². The van der Waals surface area contributed by atoms with Crippen LogP contribution < -0.4 is 11.3 Å². The molecule has 1 rings (SSSR count). The van der Waals surface area contributed by atoms with E-state index in [0.717, 1.165) is 13.2 Å². The van der Waals surface area contributed by atoms with Gasteiger partial charge in [0.25, 0.3) is 12.0 Å². The molecule has 16 heavy (non-hydrogen) atoms. The highest BCUT2D eigenvalue weighted by atomic mass is 19.3. The largest absolute Gasteiger partial charge is 0.464 e. The Hall–Kier alpha value is -1.76. The zero-order chi connectivity index (χ0) is 12.3. The molecule has 0 aliphatic carbocycles. The average Bonchev–Trinajstić information content (AvgIpc) is 2.26. The molecule has 0 amide bonds. The Morgan fingerprint density at radius 3 is 2.69 bits per heavy atom. The number of alkyl halides is 2. The molecule has 7 heteroatoms. The molecule has 0 saturated carbocycles. The van der Waals surface area contributed by atoms with Gasteiger partial charge in [-0.15, -0.1) is 0 Å². The van der Waals surface area contributed by atoms with E-state index in [-0.39, 0.29) is 17.8 Å². The highest BCUT2D eigenvalue weighted by Gasteiger charge is 2.19. The first kappa shape index (κ1) is 12.3. The number of nitrogens with one attached hydrogen (secondary N) is 1. The molecule has 1 aromatic heterocycles. The third-order valence-electron chi connectivity index (χ3n) is 2.02. The molecule has 1 heterocycles. The minimum atomic E-state index is -2.87. The number of esters is 1. The van der Waals surface area contributed by atoms with Crippen molar-refractivity contribution in [3.8, 4) is 0 Å². The van der Waals surface area contributed by atoms with E-state index in [0.29, 0.717) is 0 Å². The number of hydrogen-bond donors (Lipinski definition) is 2. The van der Waals surface area contributed by atoms with Crippen molar-refractivity contribution in [1.82, 2.24) is 4.98 Å². The second kappa shape index (κ2) is 4.84. The summed E-state index contributed by atoms with van der Waals surface area (Å²) in [5.41, 5.74) is 3.27. The highest BCUT2D eigenvalue weighted by Crippen LogP contribution is 2.21. The Bertz CT molecular complexity index is 457. The van der Waals surface area contributed by atoms with Crippen LogP contribution in [-0.4, -0.2) is 18.1 Å². The zero-order valence-electron chi connectivity index (χ0n) is 8.42. The van der Waals surface area contributed by atoms with Gasteiger partial charge in [0.1, 0.15) is 5.69 Å². The standard InChI is InChI=1S/C9H10F2N2O3/c1-16-9(15)6-2-4(7(10)11)5(3-12)8(14)13-6/h2,7H,3,12H2,1H3,(H,13,14). The molecular weight excluding hydrogens is 222 g/mol. The molecular formula is C9H10F2N2O3. The van der Waals surface area contributed by atoms with Crippen LogP contribution in [0, 0.1) is 0 Å². The van der Waals surface area contributed by atoms with Crippen molar-refractivity contribution in [2.24, 2.45) is 5.73 Å². The number of pyridine rings is 1. The van der Waals surface area contributed by atoms with Crippen molar-refractivity contribution >= 4 is 5.97 Å². The Balaban J connectivity index is 3.40. The lowest BCUT2D eigenvalue weighted by Crippen LogP contribution is -2.22. The average molecular weight is 232 g/mol. The summed E-state index contributed by atoms with van der Waals surface area (Å²) in [6.07, 6.45) is -2.87. The molecule has 1 aromatic rings. The van der Waals surface area contributed by atoms with Crippen molar-refractivity contribution in [2.75, 3.05) is 7.11 Å². The number of hydrogen-bond acceptors (Lipinski definition) is 4. The first-order valence-corrected chi connectivity index (χ1v) is 4.33. The SMILES string of the molecule is COC(=O)c1cc(C(F)F)c(CN)c(=O)[nH]1. The van der Waals surface area contributed by atoms with E-state index in [1.807, 2.05) is 0 Å². The summed E-state index contributed by atoms with van der Waals surface area (Å²) in [4.78, 5) is 24.5. The minimum Gasteiger partial charge on any atom is -0.464 e. The van der Waals surface area contributed by atoms with Gasteiger partial charge in [0.2, 0.25) is 0 Å². The van der Waals surface area contributed by atoms with Gasteiger partial charge in [-0.1, -0.05) is 0 Å². The Morgan fingerprint density at radius 2 is 2.25 bits per heavy atom. The molecule has 5 nitrogen and oxygen atoms in total. The fourth-order valence-electron chi connectivity index (χ4n) is 1.23. The van der Waals surface area contributed by atoms with Gasteiger partial charge in [0.05, 0.1) is 7.11 Å². The highest BCUT2D eigenvalue weighted by molar-refractivity contribution is 5.87. The Kier molecular flexibility index (Phi) is 3.73. The third kappa shape index (κ3) is 2.25. The zero-order valence-corrected chi connectivity index (χ0v) is 8.42. The number of aromatic nitrogens is 1. The number of H-pyrrole nitrogens is 1. The van der Waals surface area contributed by atoms with Crippen molar-refractivity contribution in [3.05, 3.63) is 33.2 Å². The third-order valence-corrected chi connectivity index (χ3v) is 2.02. The second-order valence-corrected chi connectivity index (χ2v) is 2.94. The van der Waals surface area contributed by atoms with Crippen LogP contribution in [0.5, 0.6) is 0 Å². The minimum absolute atomic E-state index is 0.234. The Morgan fingerprint density at radius 1 is 1.62 bits per heavy atom. The molecule has 88 valence electrons. The summed E-state index contributed by atoms with van der Waals surface area (Å²) in [5.74, 6) is -0.887. The van der Waals surface area contributed by atoms with E-state index in [1.165, 1.54) is 0 Å². The number of methoxy groups -OCH3 is 1. The van der Waals surface area contributed by atoms with Gasteiger partial charge in [-0.05, 0) is 6.07 Å². The number of aromatic amines is 1. The molecule has 0 radical (unpaired) electrons. The fourth-order valence-corrected chi connectivity index (χ4v) is 1.23. The van der Waals surface area contributed by atoms with E-state index < -0.39 is 23.5 Å². The predicted molar refractivity (Wildman–Crippen MR) is 51.3 cm³/mol. The molecule has 0 aliphatic heterocycles. The van der Waals surface area contributed by atoms with E-state index in [1.54, 1.807) is 0 Å². The van der Waals surface area contributed by atoms with E-state index in [2.05, 4.69) is 9.72 Å². The maximum atomic E-state index is 12.6. The normalized spacial score (nSPS) is 10.6. The van der Waals surface area contributed by atoms with Gasteiger partial charge in [0.15, 0.2) is 0 Å². The van der Waals surface area contributed by atoms with E-state index in [9.17, 15) is 18.4 Å². The predicted octanol–water partition coefficient (Wildman–Crippen LogP) is 0.558. The molecule has 0 unspecified atom stereocenters. The molecule has 0 bridgehead atoms. The van der Waals surface area contributed by atoms with Crippen molar-refractivity contribution in [3.63, 3.8) is 0 Å². The summed E-state index contributed by atoms with van der Waals surface area (Å²) in [7, 11) is 1.08. The summed E-state index contributed by atoms with van der Waals surface area (Å²) in [5, 5.41) is 0. The number of rotatable bonds is 3. The molecule has 0 saturated heterocycles. The molecule has 3 N–H and O–H groups in total. The van der Waals surface area contributed by atoms with Crippen LogP contribution in [0.15, 0.2) is 10.9 Å². The number of carbonyl (C=O) groups is 1. The lowest BCUT2D eigenvalue weighted by Gasteiger charge is -2.07. The first-order valence-electron chi connectivity index (χ1n) is 4.33. The van der Waals surface area contributed by atoms with Crippen molar-refractivity contribution in [1.29, 1.82) is 0 Å². The van der Waals surface area contributed by atoms with Gasteiger partial charge < -0.3 is 15.5 Å². The van der Waals surface area contributed by atoms with Crippen LogP contribution in [0.3, 0.4) is 0 Å². The quantitative estimate of drug-likeness (QED) is 0.745. The van der Waals surface area contributed by atoms with Crippen molar-refractivity contribution < 1.29 is 18.3 Å². The van der Waals surface area contributed by atoms with E-state index >= 15 is 0 Å². The number of carbonyl (C=O) groups excluding carboxylic acids is 1. The monoisotopic (exact) mass is 232 g/mol. The smallest absolute Gasteiger partial charge is 0.354 e. The van der Waals surface area contributed by atoms with Gasteiger partial charge in [-0.2, -0.15) is 0 Å².